The van der Waals surface area contributed by atoms with Gasteiger partial charge < -0.3 is 14.8 Å². The lowest BCUT2D eigenvalue weighted by Gasteiger charge is -2.11. The van der Waals surface area contributed by atoms with Crippen LogP contribution in [0.15, 0.2) is 48.5 Å². The highest BCUT2D eigenvalue weighted by atomic mass is 35.5. The van der Waals surface area contributed by atoms with Gasteiger partial charge in [-0.2, -0.15) is 0 Å². The molecule has 0 fully saturated rings. The van der Waals surface area contributed by atoms with Crippen molar-refractivity contribution in [2.45, 2.75) is 13.3 Å². The second-order valence-electron chi connectivity index (χ2n) is 4.51. The number of amides is 1. The average Bonchev–Trinajstić information content (AvgIpc) is 2.51. The van der Waals surface area contributed by atoms with Gasteiger partial charge in [0, 0.05) is 0 Å². The van der Waals surface area contributed by atoms with Crippen LogP contribution in [0.4, 0.5) is 5.69 Å². The van der Waals surface area contributed by atoms with Gasteiger partial charge in [0.25, 0.3) is 0 Å². The number of ether oxygens (including phenoxy) is 2. The Bertz CT molecular complexity index is 631. The maximum atomic E-state index is 12.0. The lowest BCUT2D eigenvalue weighted by molar-refractivity contribution is -0.116. The molecule has 0 aliphatic heterocycles. The van der Waals surface area contributed by atoms with Gasteiger partial charge in [0.1, 0.15) is 11.5 Å². The molecule has 0 saturated carbocycles. The molecule has 0 atom stereocenters. The molecule has 0 spiro atoms. The predicted octanol–water partition coefficient (Wildman–Crippen LogP) is 4.15. The summed E-state index contributed by atoms with van der Waals surface area (Å²) in [5.74, 6) is 1.09. The van der Waals surface area contributed by atoms with Crippen LogP contribution in [0.3, 0.4) is 0 Å². The topological polar surface area (TPSA) is 47.6 Å². The molecule has 0 saturated heterocycles. The van der Waals surface area contributed by atoms with E-state index in [2.05, 4.69) is 5.32 Å². The van der Waals surface area contributed by atoms with Crippen molar-refractivity contribution in [3.05, 3.63) is 53.6 Å². The Hall–Kier alpha value is -2.20. The van der Waals surface area contributed by atoms with E-state index in [1.165, 1.54) is 0 Å². The first-order chi connectivity index (χ1) is 10.7. The number of benzene rings is 2. The molecule has 22 heavy (non-hydrogen) atoms. The number of rotatable bonds is 7. The Kier molecular flexibility index (Phi) is 6.10. The summed E-state index contributed by atoms with van der Waals surface area (Å²) in [5.41, 5.74) is 0.659. The Morgan fingerprint density at radius 2 is 1.73 bits per heavy atom. The van der Waals surface area contributed by atoms with Gasteiger partial charge in [0.15, 0.2) is 0 Å². The first-order valence-corrected chi connectivity index (χ1v) is 7.47. The van der Waals surface area contributed by atoms with Crippen LogP contribution in [0.5, 0.6) is 11.5 Å². The van der Waals surface area contributed by atoms with Crippen molar-refractivity contribution < 1.29 is 14.3 Å². The monoisotopic (exact) mass is 319 g/mol. The van der Waals surface area contributed by atoms with Crippen molar-refractivity contribution in [1.29, 1.82) is 0 Å². The van der Waals surface area contributed by atoms with Crippen LogP contribution in [0.1, 0.15) is 13.3 Å². The predicted molar refractivity (Wildman–Crippen MR) is 87.8 cm³/mol. The number of halogens is 1. The molecular weight excluding hydrogens is 302 g/mol. The second-order valence-corrected chi connectivity index (χ2v) is 4.91. The van der Waals surface area contributed by atoms with Crippen molar-refractivity contribution >= 4 is 23.2 Å². The Morgan fingerprint density at radius 3 is 2.45 bits per heavy atom. The number of carbonyl (C=O) groups is 1. The van der Waals surface area contributed by atoms with E-state index in [-0.39, 0.29) is 18.9 Å². The number of carbonyl (C=O) groups excluding carboxylic acids is 1. The zero-order valence-electron chi connectivity index (χ0n) is 12.3. The van der Waals surface area contributed by atoms with Gasteiger partial charge in [-0.3, -0.25) is 4.79 Å². The van der Waals surface area contributed by atoms with Gasteiger partial charge in [-0.1, -0.05) is 35.9 Å². The highest BCUT2D eigenvalue weighted by Crippen LogP contribution is 2.24. The minimum absolute atomic E-state index is 0.140. The Balaban J connectivity index is 1.85. The van der Waals surface area contributed by atoms with Crippen molar-refractivity contribution in [3.63, 3.8) is 0 Å². The van der Waals surface area contributed by atoms with E-state index in [4.69, 9.17) is 21.1 Å². The molecular formula is C17H18ClNO3. The fourth-order valence-corrected chi connectivity index (χ4v) is 2.07. The third-order valence-electron chi connectivity index (χ3n) is 2.88. The number of hydrogen-bond donors (Lipinski definition) is 1. The van der Waals surface area contributed by atoms with Crippen LogP contribution in [0, 0.1) is 0 Å². The Labute approximate surface area is 135 Å². The zero-order valence-corrected chi connectivity index (χ0v) is 13.1. The van der Waals surface area contributed by atoms with Gasteiger partial charge in [-0.15, -0.1) is 0 Å². The molecule has 1 amide bonds. The summed E-state index contributed by atoms with van der Waals surface area (Å²) in [6.45, 7) is 2.70. The van der Waals surface area contributed by atoms with Crippen LogP contribution >= 0.6 is 11.6 Å². The molecule has 0 unspecified atom stereocenters. The first kappa shape index (κ1) is 16.2. The van der Waals surface area contributed by atoms with Gasteiger partial charge in [0.05, 0.1) is 30.3 Å². The van der Waals surface area contributed by atoms with Crippen LogP contribution in [0.25, 0.3) is 0 Å². The average molecular weight is 320 g/mol. The minimum Gasteiger partial charge on any atom is -0.492 e. The van der Waals surface area contributed by atoms with E-state index in [9.17, 15) is 4.79 Å². The molecule has 0 radical (unpaired) electrons. The SMILES string of the molecule is CCOc1ccccc1NC(=O)CCOc1ccccc1Cl. The first-order valence-electron chi connectivity index (χ1n) is 7.09. The third kappa shape index (κ3) is 4.67. The van der Waals surface area contributed by atoms with Gasteiger partial charge >= 0.3 is 0 Å². The van der Waals surface area contributed by atoms with Crippen LogP contribution in [-0.4, -0.2) is 19.1 Å². The molecule has 2 rings (SSSR count). The van der Waals surface area contributed by atoms with E-state index < -0.39 is 0 Å². The quantitative estimate of drug-likeness (QED) is 0.834. The summed E-state index contributed by atoms with van der Waals surface area (Å²) in [7, 11) is 0. The number of anilines is 1. The highest BCUT2D eigenvalue weighted by Gasteiger charge is 2.08. The molecule has 0 heterocycles. The van der Waals surface area contributed by atoms with E-state index in [1.807, 2.05) is 37.3 Å². The molecule has 4 nitrogen and oxygen atoms in total. The molecule has 0 aromatic heterocycles. The third-order valence-corrected chi connectivity index (χ3v) is 3.20. The van der Waals surface area contributed by atoms with Crippen molar-refractivity contribution in [3.8, 4) is 11.5 Å². The molecule has 5 heteroatoms. The summed E-state index contributed by atoms with van der Waals surface area (Å²) in [6.07, 6.45) is 0.228. The largest absolute Gasteiger partial charge is 0.492 e. The Morgan fingerprint density at radius 1 is 1.05 bits per heavy atom. The summed E-state index contributed by atoms with van der Waals surface area (Å²) < 4.78 is 11.0. The number of para-hydroxylation sites is 3. The van der Waals surface area contributed by atoms with E-state index in [0.717, 1.165) is 0 Å². The lowest BCUT2D eigenvalue weighted by Crippen LogP contribution is -2.16. The summed E-state index contributed by atoms with van der Waals surface area (Å²) in [4.78, 5) is 12.0. The lowest BCUT2D eigenvalue weighted by atomic mass is 10.3. The standard InChI is InChI=1S/C17H18ClNO3/c1-2-21-16-10-6-4-8-14(16)19-17(20)11-12-22-15-9-5-3-7-13(15)18/h3-10H,2,11-12H2,1H3,(H,19,20). The van der Waals surface area contributed by atoms with E-state index >= 15 is 0 Å². The highest BCUT2D eigenvalue weighted by molar-refractivity contribution is 6.32. The molecule has 0 aliphatic carbocycles. The maximum Gasteiger partial charge on any atom is 0.227 e. The summed E-state index contributed by atoms with van der Waals surface area (Å²) in [5, 5.41) is 3.35. The smallest absolute Gasteiger partial charge is 0.227 e. The van der Waals surface area contributed by atoms with Gasteiger partial charge in [0.2, 0.25) is 5.91 Å². The maximum absolute atomic E-state index is 12.0. The van der Waals surface area contributed by atoms with E-state index in [1.54, 1.807) is 18.2 Å². The molecule has 116 valence electrons. The summed E-state index contributed by atoms with van der Waals surface area (Å²) >= 11 is 5.98. The van der Waals surface area contributed by atoms with Crippen LogP contribution in [0.2, 0.25) is 5.02 Å². The molecule has 2 aromatic rings. The molecule has 0 aliphatic rings. The normalized spacial score (nSPS) is 10.1. The van der Waals surface area contributed by atoms with Crippen molar-refractivity contribution in [1.82, 2.24) is 0 Å². The van der Waals surface area contributed by atoms with Crippen LogP contribution < -0.4 is 14.8 Å². The fraction of sp³-hybridized carbons (Fsp3) is 0.235. The van der Waals surface area contributed by atoms with Gasteiger partial charge in [-0.05, 0) is 31.2 Å². The van der Waals surface area contributed by atoms with Crippen LogP contribution in [-0.2, 0) is 4.79 Å². The fourth-order valence-electron chi connectivity index (χ4n) is 1.88. The number of nitrogens with one attached hydrogen (secondary N) is 1. The summed E-state index contributed by atoms with van der Waals surface area (Å²) in [6, 6.07) is 14.5. The van der Waals surface area contributed by atoms with Crippen molar-refractivity contribution in [2.75, 3.05) is 18.5 Å². The van der Waals surface area contributed by atoms with E-state index in [0.29, 0.717) is 28.8 Å². The molecule has 0 bridgehead atoms. The minimum atomic E-state index is -0.140. The number of hydrogen-bond acceptors (Lipinski definition) is 3. The second kappa shape index (κ2) is 8.29. The zero-order chi connectivity index (χ0) is 15.8. The molecule has 2 aromatic carbocycles. The van der Waals surface area contributed by atoms with Gasteiger partial charge in [-0.25, -0.2) is 0 Å². The van der Waals surface area contributed by atoms with Crippen molar-refractivity contribution in [2.24, 2.45) is 0 Å². The molecule has 1 N–H and O–H groups in total.